The number of rotatable bonds is 6. The van der Waals surface area contributed by atoms with Gasteiger partial charge < -0.3 is 10.2 Å². The van der Waals surface area contributed by atoms with Crippen LogP contribution in [0, 0.1) is 6.92 Å². The van der Waals surface area contributed by atoms with E-state index in [-0.39, 0.29) is 5.91 Å². The Labute approximate surface area is 131 Å². The Kier molecular flexibility index (Phi) is 5.20. The van der Waals surface area contributed by atoms with Crippen LogP contribution in [0.15, 0.2) is 30.3 Å². The van der Waals surface area contributed by atoms with E-state index >= 15 is 0 Å². The molecule has 1 heterocycles. The zero-order valence-electron chi connectivity index (χ0n) is 13.8. The smallest absolute Gasteiger partial charge is 0.276 e. The van der Waals surface area contributed by atoms with Crippen LogP contribution in [0.1, 0.15) is 37.0 Å². The molecular weight excluding hydrogens is 276 g/mol. The number of aryl methyl sites for hydroxylation is 2. The highest BCUT2D eigenvalue weighted by Crippen LogP contribution is 2.18. The highest BCUT2D eigenvalue weighted by molar-refractivity contribution is 6.03. The van der Waals surface area contributed by atoms with Crippen molar-refractivity contribution < 1.29 is 4.79 Å². The number of hydrogen-bond acceptors (Lipinski definition) is 3. The number of carbonyl (C=O) groups is 1. The molecule has 22 heavy (non-hydrogen) atoms. The van der Waals surface area contributed by atoms with Gasteiger partial charge in [-0.2, -0.15) is 5.10 Å². The Morgan fingerprint density at radius 1 is 1.18 bits per heavy atom. The summed E-state index contributed by atoms with van der Waals surface area (Å²) in [5, 5.41) is 7.18. The summed E-state index contributed by atoms with van der Waals surface area (Å²) in [5.74, 6) is -0.175. The van der Waals surface area contributed by atoms with Crippen LogP contribution in [0.5, 0.6) is 0 Å². The third-order valence-electron chi connectivity index (χ3n) is 3.77. The van der Waals surface area contributed by atoms with Crippen molar-refractivity contribution in [2.75, 3.05) is 23.3 Å². The zero-order valence-corrected chi connectivity index (χ0v) is 13.8. The topological polar surface area (TPSA) is 50.2 Å². The van der Waals surface area contributed by atoms with E-state index in [1.807, 2.05) is 48.9 Å². The molecule has 5 heteroatoms. The molecule has 0 aliphatic rings. The Morgan fingerprint density at radius 3 is 2.32 bits per heavy atom. The fourth-order valence-corrected chi connectivity index (χ4v) is 2.48. The van der Waals surface area contributed by atoms with E-state index < -0.39 is 0 Å². The molecule has 0 unspecified atom stereocenters. The molecule has 1 aromatic carbocycles. The van der Waals surface area contributed by atoms with Crippen molar-refractivity contribution in [2.45, 2.75) is 34.2 Å². The van der Waals surface area contributed by atoms with Crippen molar-refractivity contribution in [1.29, 1.82) is 0 Å². The van der Waals surface area contributed by atoms with Crippen LogP contribution in [0.2, 0.25) is 0 Å². The number of amides is 1. The van der Waals surface area contributed by atoms with Gasteiger partial charge in [-0.3, -0.25) is 9.48 Å². The lowest BCUT2D eigenvalue weighted by Gasteiger charge is -2.21. The van der Waals surface area contributed by atoms with E-state index in [2.05, 4.69) is 29.2 Å². The molecule has 0 spiro atoms. The number of aromatic nitrogens is 2. The van der Waals surface area contributed by atoms with Crippen LogP contribution < -0.4 is 10.2 Å². The third kappa shape index (κ3) is 3.47. The van der Waals surface area contributed by atoms with E-state index in [4.69, 9.17) is 0 Å². The SMILES string of the molecule is CCN(CC)c1ccc(NC(=O)c2cc(C)n(CC)n2)cc1. The molecule has 0 bridgehead atoms. The first-order valence-electron chi connectivity index (χ1n) is 7.79. The quantitative estimate of drug-likeness (QED) is 0.890. The van der Waals surface area contributed by atoms with Gasteiger partial charge in [-0.1, -0.05) is 0 Å². The molecule has 2 rings (SSSR count). The van der Waals surface area contributed by atoms with E-state index in [1.54, 1.807) is 0 Å². The predicted molar refractivity (Wildman–Crippen MR) is 90.6 cm³/mol. The minimum Gasteiger partial charge on any atom is -0.372 e. The Bertz CT molecular complexity index is 627. The number of benzene rings is 1. The van der Waals surface area contributed by atoms with Crippen molar-refractivity contribution in [3.05, 3.63) is 41.7 Å². The first kappa shape index (κ1) is 16.1. The largest absolute Gasteiger partial charge is 0.372 e. The summed E-state index contributed by atoms with van der Waals surface area (Å²) in [6, 6.07) is 9.71. The summed E-state index contributed by atoms with van der Waals surface area (Å²) in [6.45, 7) is 10.9. The van der Waals surface area contributed by atoms with Gasteiger partial charge in [0.1, 0.15) is 0 Å². The zero-order chi connectivity index (χ0) is 16.1. The molecule has 0 saturated carbocycles. The van der Waals surface area contributed by atoms with Crippen LogP contribution in [-0.2, 0) is 6.54 Å². The summed E-state index contributed by atoms with van der Waals surface area (Å²) in [5.41, 5.74) is 3.38. The van der Waals surface area contributed by atoms with E-state index in [9.17, 15) is 4.79 Å². The molecule has 1 N–H and O–H groups in total. The summed E-state index contributed by atoms with van der Waals surface area (Å²) in [4.78, 5) is 14.5. The second kappa shape index (κ2) is 7.11. The van der Waals surface area contributed by atoms with Crippen LogP contribution in [0.25, 0.3) is 0 Å². The van der Waals surface area contributed by atoms with Crippen LogP contribution in [0.3, 0.4) is 0 Å². The van der Waals surface area contributed by atoms with Crippen LogP contribution in [-0.4, -0.2) is 28.8 Å². The van der Waals surface area contributed by atoms with Gasteiger partial charge in [0, 0.05) is 36.7 Å². The van der Waals surface area contributed by atoms with Gasteiger partial charge >= 0.3 is 0 Å². The van der Waals surface area contributed by atoms with Gasteiger partial charge in [0.05, 0.1) is 0 Å². The molecular formula is C17H24N4O. The first-order valence-corrected chi connectivity index (χ1v) is 7.79. The van der Waals surface area contributed by atoms with E-state index in [0.29, 0.717) is 5.69 Å². The number of anilines is 2. The molecule has 1 amide bonds. The standard InChI is InChI=1S/C17H24N4O/c1-5-20(6-2)15-10-8-14(9-11-15)18-17(22)16-12-13(4)21(7-3)19-16/h8-12H,5-7H2,1-4H3,(H,18,22). The van der Waals surface area contributed by atoms with Crippen molar-refractivity contribution in [2.24, 2.45) is 0 Å². The average Bonchev–Trinajstić information content (AvgIpc) is 2.91. The van der Waals surface area contributed by atoms with E-state index in [1.165, 1.54) is 0 Å². The second-order valence-electron chi connectivity index (χ2n) is 5.16. The lowest BCUT2D eigenvalue weighted by atomic mass is 10.2. The maximum Gasteiger partial charge on any atom is 0.276 e. The molecule has 0 aliphatic heterocycles. The van der Waals surface area contributed by atoms with Crippen LogP contribution >= 0.6 is 0 Å². The van der Waals surface area contributed by atoms with Gasteiger partial charge in [-0.25, -0.2) is 0 Å². The fourth-order valence-electron chi connectivity index (χ4n) is 2.48. The Balaban J connectivity index is 2.08. The summed E-state index contributed by atoms with van der Waals surface area (Å²) in [6.07, 6.45) is 0. The lowest BCUT2D eigenvalue weighted by molar-refractivity contribution is 0.102. The maximum absolute atomic E-state index is 12.2. The second-order valence-corrected chi connectivity index (χ2v) is 5.16. The lowest BCUT2D eigenvalue weighted by Crippen LogP contribution is -2.21. The Hall–Kier alpha value is -2.30. The molecule has 0 saturated heterocycles. The first-order chi connectivity index (χ1) is 10.6. The summed E-state index contributed by atoms with van der Waals surface area (Å²) >= 11 is 0. The molecule has 0 atom stereocenters. The van der Waals surface area contributed by atoms with Gasteiger partial charge in [-0.05, 0) is 58.0 Å². The molecule has 118 valence electrons. The van der Waals surface area contributed by atoms with Gasteiger partial charge in [0.2, 0.25) is 0 Å². The van der Waals surface area contributed by atoms with E-state index in [0.717, 1.165) is 36.7 Å². The number of nitrogens with one attached hydrogen (secondary N) is 1. The molecule has 1 aromatic heterocycles. The Morgan fingerprint density at radius 2 is 1.82 bits per heavy atom. The molecule has 2 aromatic rings. The van der Waals surface area contributed by atoms with Crippen LogP contribution in [0.4, 0.5) is 11.4 Å². The maximum atomic E-state index is 12.2. The highest BCUT2D eigenvalue weighted by Gasteiger charge is 2.12. The highest BCUT2D eigenvalue weighted by atomic mass is 16.1. The number of hydrogen-bond donors (Lipinski definition) is 1. The minimum absolute atomic E-state index is 0.175. The van der Waals surface area contributed by atoms with Gasteiger partial charge in [-0.15, -0.1) is 0 Å². The monoisotopic (exact) mass is 300 g/mol. The summed E-state index contributed by atoms with van der Waals surface area (Å²) < 4.78 is 1.82. The molecule has 0 fully saturated rings. The number of nitrogens with zero attached hydrogens (tertiary/aromatic N) is 3. The van der Waals surface area contributed by atoms with Gasteiger partial charge in [0.15, 0.2) is 5.69 Å². The predicted octanol–water partition coefficient (Wildman–Crippen LogP) is 3.31. The fraction of sp³-hybridized carbons (Fsp3) is 0.412. The normalized spacial score (nSPS) is 10.5. The summed E-state index contributed by atoms with van der Waals surface area (Å²) in [7, 11) is 0. The molecule has 5 nitrogen and oxygen atoms in total. The molecule has 0 aliphatic carbocycles. The minimum atomic E-state index is -0.175. The van der Waals surface area contributed by atoms with Crippen molar-refractivity contribution in [3.63, 3.8) is 0 Å². The van der Waals surface area contributed by atoms with Crippen molar-refractivity contribution in [3.8, 4) is 0 Å². The van der Waals surface area contributed by atoms with Crippen molar-refractivity contribution >= 4 is 17.3 Å². The average molecular weight is 300 g/mol. The number of carbonyl (C=O) groups excluding carboxylic acids is 1. The third-order valence-corrected chi connectivity index (χ3v) is 3.77. The van der Waals surface area contributed by atoms with Gasteiger partial charge in [0.25, 0.3) is 5.91 Å². The molecule has 0 radical (unpaired) electrons. The van der Waals surface area contributed by atoms with Crippen molar-refractivity contribution in [1.82, 2.24) is 9.78 Å².